The van der Waals surface area contributed by atoms with Crippen molar-refractivity contribution < 1.29 is 14.3 Å². The van der Waals surface area contributed by atoms with Crippen LogP contribution in [0.3, 0.4) is 0 Å². The quantitative estimate of drug-likeness (QED) is 0.744. The number of carbonyl (C=O) groups excluding carboxylic acids is 1. The Labute approximate surface area is 156 Å². The molecule has 3 aromatic rings. The number of benzene rings is 1. The maximum absolute atomic E-state index is 12.9. The van der Waals surface area contributed by atoms with Crippen molar-refractivity contribution in [3.63, 3.8) is 0 Å². The maximum atomic E-state index is 12.9. The van der Waals surface area contributed by atoms with Crippen molar-refractivity contribution in [2.24, 2.45) is 0 Å². The summed E-state index contributed by atoms with van der Waals surface area (Å²) >= 11 is 1.38. The SMILES string of the molecule is COc1cc(C)c(NC(=O)c2sc3nc(C)nc(C)c3c2C)cc1OC. The van der Waals surface area contributed by atoms with Crippen LogP contribution in [0, 0.1) is 27.7 Å². The Hall–Kier alpha value is -2.67. The lowest BCUT2D eigenvalue weighted by atomic mass is 10.1. The standard InChI is InChI=1S/C19H21N3O3S/c1-9-7-14(24-5)15(25-6)8-13(9)22-18(23)17-10(2)16-11(3)20-12(4)21-19(16)26-17/h7-8H,1-6H3,(H,22,23). The van der Waals surface area contributed by atoms with E-state index in [2.05, 4.69) is 15.3 Å². The van der Waals surface area contributed by atoms with Crippen LogP contribution in [0.5, 0.6) is 11.5 Å². The fraction of sp³-hybridized carbons (Fsp3) is 0.316. The zero-order valence-electron chi connectivity index (χ0n) is 15.7. The van der Waals surface area contributed by atoms with Gasteiger partial charge in [0, 0.05) is 22.8 Å². The van der Waals surface area contributed by atoms with Crippen LogP contribution in [0.1, 0.15) is 32.3 Å². The molecule has 2 aromatic heterocycles. The molecule has 1 N–H and O–H groups in total. The summed E-state index contributed by atoms with van der Waals surface area (Å²) in [6.07, 6.45) is 0. The molecule has 0 radical (unpaired) electrons. The van der Waals surface area contributed by atoms with Gasteiger partial charge in [0.15, 0.2) is 11.5 Å². The molecule has 1 aromatic carbocycles. The van der Waals surface area contributed by atoms with Crippen molar-refractivity contribution in [2.45, 2.75) is 27.7 Å². The summed E-state index contributed by atoms with van der Waals surface area (Å²) in [4.78, 5) is 23.2. The Morgan fingerprint density at radius 2 is 1.69 bits per heavy atom. The van der Waals surface area contributed by atoms with Crippen LogP contribution in [-0.4, -0.2) is 30.1 Å². The highest BCUT2D eigenvalue weighted by atomic mass is 32.1. The van der Waals surface area contributed by atoms with Gasteiger partial charge in [-0.2, -0.15) is 0 Å². The molecular formula is C19H21N3O3S. The van der Waals surface area contributed by atoms with E-state index in [1.165, 1.54) is 11.3 Å². The third-order valence-corrected chi connectivity index (χ3v) is 5.45. The molecule has 3 rings (SSSR count). The highest BCUT2D eigenvalue weighted by molar-refractivity contribution is 7.20. The van der Waals surface area contributed by atoms with Crippen molar-refractivity contribution in [3.05, 3.63) is 39.7 Å². The van der Waals surface area contributed by atoms with Gasteiger partial charge in [-0.05, 0) is 44.9 Å². The molecule has 136 valence electrons. The summed E-state index contributed by atoms with van der Waals surface area (Å²) in [7, 11) is 3.15. The molecule has 0 aliphatic rings. The molecule has 0 saturated heterocycles. The number of nitrogens with one attached hydrogen (secondary N) is 1. The first-order chi connectivity index (χ1) is 12.3. The van der Waals surface area contributed by atoms with E-state index in [9.17, 15) is 4.79 Å². The number of aromatic nitrogens is 2. The largest absolute Gasteiger partial charge is 0.493 e. The number of amides is 1. The summed E-state index contributed by atoms with van der Waals surface area (Å²) in [6, 6.07) is 3.61. The highest BCUT2D eigenvalue weighted by Crippen LogP contribution is 2.35. The Morgan fingerprint density at radius 3 is 2.35 bits per heavy atom. The van der Waals surface area contributed by atoms with Gasteiger partial charge in [0.05, 0.1) is 19.1 Å². The lowest BCUT2D eigenvalue weighted by Gasteiger charge is -2.13. The van der Waals surface area contributed by atoms with E-state index in [-0.39, 0.29) is 5.91 Å². The normalized spacial score (nSPS) is 10.8. The van der Waals surface area contributed by atoms with E-state index in [1.54, 1.807) is 20.3 Å². The van der Waals surface area contributed by atoms with Crippen LogP contribution < -0.4 is 14.8 Å². The lowest BCUT2D eigenvalue weighted by molar-refractivity contribution is 0.103. The second kappa shape index (κ2) is 6.92. The van der Waals surface area contributed by atoms with E-state index in [0.717, 1.165) is 27.0 Å². The fourth-order valence-electron chi connectivity index (χ4n) is 2.98. The molecule has 0 bridgehead atoms. The van der Waals surface area contributed by atoms with Crippen LogP contribution in [0.25, 0.3) is 10.2 Å². The smallest absolute Gasteiger partial charge is 0.266 e. The summed E-state index contributed by atoms with van der Waals surface area (Å²) in [6.45, 7) is 7.64. The summed E-state index contributed by atoms with van der Waals surface area (Å²) in [5, 5.41) is 3.93. The first-order valence-corrected chi connectivity index (χ1v) is 8.95. The first-order valence-electron chi connectivity index (χ1n) is 8.14. The average molecular weight is 371 g/mol. The Bertz CT molecular complexity index is 1010. The Morgan fingerprint density at radius 1 is 1.04 bits per heavy atom. The highest BCUT2D eigenvalue weighted by Gasteiger charge is 2.20. The maximum Gasteiger partial charge on any atom is 0.266 e. The molecule has 0 aliphatic heterocycles. The van der Waals surface area contributed by atoms with Crippen LogP contribution in [0.15, 0.2) is 12.1 Å². The molecule has 0 spiro atoms. The fourth-order valence-corrected chi connectivity index (χ4v) is 4.16. The number of methoxy groups -OCH3 is 2. The van der Waals surface area contributed by atoms with Gasteiger partial charge in [-0.3, -0.25) is 4.79 Å². The number of carbonyl (C=O) groups is 1. The van der Waals surface area contributed by atoms with Crippen molar-refractivity contribution in [1.29, 1.82) is 0 Å². The molecule has 26 heavy (non-hydrogen) atoms. The second-order valence-electron chi connectivity index (χ2n) is 6.07. The van der Waals surface area contributed by atoms with Gasteiger partial charge in [-0.25, -0.2) is 9.97 Å². The number of aryl methyl sites for hydroxylation is 4. The van der Waals surface area contributed by atoms with Crippen LogP contribution in [0.4, 0.5) is 5.69 Å². The molecule has 6 nitrogen and oxygen atoms in total. The molecule has 1 amide bonds. The van der Waals surface area contributed by atoms with Gasteiger partial charge in [0.25, 0.3) is 5.91 Å². The predicted molar refractivity (Wildman–Crippen MR) is 104 cm³/mol. The van der Waals surface area contributed by atoms with E-state index >= 15 is 0 Å². The number of rotatable bonds is 4. The summed E-state index contributed by atoms with van der Waals surface area (Å²) in [5.41, 5.74) is 3.37. The minimum Gasteiger partial charge on any atom is -0.493 e. The van der Waals surface area contributed by atoms with Gasteiger partial charge in [-0.1, -0.05) is 0 Å². The number of anilines is 1. The molecule has 2 heterocycles. The van der Waals surface area contributed by atoms with Crippen molar-refractivity contribution >= 4 is 33.1 Å². The van der Waals surface area contributed by atoms with Crippen LogP contribution >= 0.6 is 11.3 Å². The minimum atomic E-state index is -0.169. The number of hydrogen-bond donors (Lipinski definition) is 1. The molecule has 0 saturated carbocycles. The summed E-state index contributed by atoms with van der Waals surface area (Å²) in [5.74, 6) is 1.73. The Balaban J connectivity index is 2.00. The van der Waals surface area contributed by atoms with Gasteiger partial charge >= 0.3 is 0 Å². The number of fused-ring (bicyclic) bond motifs is 1. The first kappa shape index (κ1) is 18.1. The number of hydrogen-bond acceptors (Lipinski definition) is 6. The average Bonchev–Trinajstić information content (AvgIpc) is 2.92. The molecule has 0 unspecified atom stereocenters. The van der Waals surface area contributed by atoms with Crippen molar-refractivity contribution in [3.8, 4) is 11.5 Å². The second-order valence-corrected chi connectivity index (χ2v) is 7.07. The number of thiophene rings is 1. The zero-order valence-corrected chi connectivity index (χ0v) is 16.5. The molecule has 0 fully saturated rings. The van der Waals surface area contributed by atoms with E-state index in [0.29, 0.717) is 27.9 Å². The third kappa shape index (κ3) is 3.10. The van der Waals surface area contributed by atoms with Gasteiger partial charge < -0.3 is 14.8 Å². The van der Waals surface area contributed by atoms with Gasteiger partial charge in [-0.15, -0.1) is 11.3 Å². The molecular weight excluding hydrogens is 350 g/mol. The van der Waals surface area contributed by atoms with Crippen molar-refractivity contribution in [1.82, 2.24) is 9.97 Å². The van der Waals surface area contributed by atoms with E-state index in [1.807, 2.05) is 33.8 Å². The zero-order chi connectivity index (χ0) is 19.0. The van der Waals surface area contributed by atoms with Gasteiger partial charge in [0.1, 0.15) is 10.7 Å². The van der Waals surface area contributed by atoms with E-state index in [4.69, 9.17) is 9.47 Å². The molecule has 0 aliphatic carbocycles. The van der Waals surface area contributed by atoms with Gasteiger partial charge in [0.2, 0.25) is 0 Å². The minimum absolute atomic E-state index is 0.169. The monoisotopic (exact) mass is 371 g/mol. The van der Waals surface area contributed by atoms with Crippen LogP contribution in [-0.2, 0) is 0 Å². The summed E-state index contributed by atoms with van der Waals surface area (Å²) < 4.78 is 10.6. The lowest BCUT2D eigenvalue weighted by Crippen LogP contribution is -2.12. The van der Waals surface area contributed by atoms with Crippen molar-refractivity contribution in [2.75, 3.05) is 19.5 Å². The number of ether oxygens (including phenoxy) is 2. The predicted octanol–water partition coefficient (Wildman–Crippen LogP) is 4.19. The Kier molecular flexibility index (Phi) is 4.82. The number of nitrogens with zero attached hydrogens (tertiary/aromatic N) is 2. The van der Waals surface area contributed by atoms with Crippen LogP contribution in [0.2, 0.25) is 0 Å². The topological polar surface area (TPSA) is 73.3 Å². The molecule has 0 atom stereocenters. The van der Waals surface area contributed by atoms with E-state index < -0.39 is 0 Å². The molecule has 7 heteroatoms. The third-order valence-electron chi connectivity index (χ3n) is 4.27.